The highest BCUT2D eigenvalue weighted by Gasteiger charge is 2.26. The summed E-state index contributed by atoms with van der Waals surface area (Å²) in [4.78, 5) is 34.6. The Hall–Kier alpha value is -3.71. The maximum Gasteiger partial charge on any atom is 0.296 e. The zero-order chi connectivity index (χ0) is 22.8. The molecule has 0 atom stereocenters. The number of rotatable bonds is 6. The molecule has 1 aromatic carbocycles. The molecule has 0 bridgehead atoms. The van der Waals surface area contributed by atoms with Gasteiger partial charge < -0.3 is 14.6 Å². The standard InChI is InChI=1S/C24H21ClN4O3/c1-14-10-19-21(22(30)24(31)28-18-8-9-26-20(11-18)32-3)15(2)29(23(19)27-12-14)13-16-4-6-17(25)7-5-16/h4-12H,13H2,1-3H3,(H,26,28,31). The van der Waals surface area contributed by atoms with Crippen molar-refractivity contribution in [2.75, 3.05) is 12.4 Å². The first-order chi connectivity index (χ1) is 15.4. The van der Waals surface area contributed by atoms with E-state index in [0.717, 1.165) is 11.1 Å². The zero-order valence-corrected chi connectivity index (χ0v) is 18.6. The van der Waals surface area contributed by atoms with Crippen molar-refractivity contribution < 1.29 is 14.3 Å². The summed E-state index contributed by atoms with van der Waals surface area (Å²) in [5.41, 5.74) is 3.97. The number of benzene rings is 1. The van der Waals surface area contributed by atoms with Gasteiger partial charge in [0.2, 0.25) is 5.88 Å². The lowest BCUT2D eigenvalue weighted by Crippen LogP contribution is -2.23. The lowest BCUT2D eigenvalue weighted by atomic mass is 10.1. The molecular formula is C24H21ClN4O3. The highest BCUT2D eigenvalue weighted by Crippen LogP contribution is 2.27. The van der Waals surface area contributed by atoms with Crippen LogP contribution < -0.4 is 10.1 Å². The Kier molecular flexibility index (Phi) is 5.92. The monoisotopic (exact) mass is 448 g/mol. The topological polar surface area (TPSA) is 86.1 Å². The van der Waals surface area contributed by atoms with E-state index in [0.29, 0.717) is 45.4 Å². The number of halogens is 1. The summed E-state index contributed by atoms with van der Waals surface area (Å²) in [5.74, 6) is -1.04. The number of amides is 1. The number of hydrogen-bond donors (Lipinski definition) is 1. The molecule has 7 nitrogen and oxygen atoms in total. The number of fused-ring (bicyclic) bond motifs is 1. The highest BCUT2D eigenvalue weighted by atomic mass is 35.5. The van der Waals surface area contributed by atoms with Gasteiger partial charge >= 0.3 is 0 Å². The second kappa shape index (κ2) is 8.80. The fourth-order valence-corrected chi connectivity index (χ4v) is 3.73. The van der Waals surface area contributed by atoms with E-state index in [1.165, 1.54) is 13.3 Å². The highest BCUT2D eigenvalue weighted by molar-refractivity contribution is 6.48. The Morgan fingerprint density at radius 2 is 1.84 bits per heavy atom. The molecule has 0 spiro atoms. The molecule has 0 aliphatic carbocycles. The minimum atomic E-state index is -0.742. The van der Waals surface area contributed by atoms with Crippen LogP contribution in [0.4, 0.5) is 5.69 Å². The van der Waals surface area contributed by atoms with Crippen molar-refractivity contribution in [3.8, 4) is 5.88 Å². The number of anilines is 1. The molecule has 4 aromatic rings. The summed E-state index contributed by atoms with van der Waals surface area (Å²) in [6.07, 6.45) is 3.24. The number of nitrogens with one attached hydrogen (secondary N) is 1. The number of nitrogens with zero attached hydrogens (tertiary/aromatic N) is 3. The van der Waals surface area contributed by atoms with E-state index in [1.807, 2.05) is 48.7 Å². The lowest BCUT2D eigenvalue weighted by Gasteiger charge is -2.09. The average Bonchev–Trinajstić information content (AvgIpc) is 3.05. The third kappa shape index (κ3) is 4.20. The molecule has 1 amide bonds. The van der Waals surface area contributed by atoms with Gasteiger partial charge in [0.15, 0.2) is 0 Å². The number of pyridine rings is 2. The van der Waals surface area contributed by atoms with Gasteiger partial charge in [0.25, 0.3) is 11.7 Å². The quantitative estimate of drug-likeness (QED) is 0.344. The first-order valence-corrected chi connectivity index (χ1v) is 10.3. The smallest absolute Gasteiger partial charge is 0.296 e. The molecule has 0 saturated carbocycles. The van der Waals surface area contributed by atoms with E-state index in [4.69, 9.17) is 16.3 Å². The van der Waals surface area contributed by atoms with E-state index >= 15 is 0 Å². The van der Waals surface area contributed by atoms with Gasteiger partial charge in [0, 0.05) is 46.8 Å². The van der Waals surface area contributed by atoms with Gasteiger partial charge in [-0.1, -0.05) is 23.7 Å². The predicted molar refractivity (Wildman–Crippen MR) is 124 cm³/mol. The van der Waals surface area contributed by atoms with Crippen molar-refractivity contribution in [3.63, 3.8) is 0 Å². The van der Waals surface area contributed by atoms with Crippen molar-refractivity contribution in [1.82, 2.24) is 14.5 Å². The molecule has 3 heterocycles. The van der Waals surface area contributed by atoms with E-state index in [1.54, 1.807) is 18.3 Å². The van der Waals surface area contributed by atoms with Gasteiger partial charge in [0.05, 0.1) is 12.7 Å². The largest absolute Gasteiger partial charge is 0.481 e. The number of carbonyl (C=O) groups excluding carboxylic acids is 2. The number of aromatic nitrogens is 3. The number of methoxy groups -OCH3 is 1. The third-order valence-electron chi connectivity index (χ3n) is 5.18. The summed E-state index contributed by atoms with van der Waals surface area (Å²) in [5, 5.41) is 3.93. The van der Waals surface area contributed by atoms with Crippen LogP contribution in [0.1, 0.15) is 27.2 Å². The molecule has 4 rings (SSSR count). The molecule has 0 saturated heterocycles. The van der Waals surface area contributed by atoms with E-state index in [2.05, 4.69) is 15.3 Å². The lowest BCUT2D eigenvalue weighted by molar-refractivity contribution is -0.112. The van der Waals surface area contributed by atoms with Crippen LogP contribution in [0.2, 0.25) is 5.02 Å². The summed E-state index contributed by atoms with van der Waals surface area (Å²) < 4.78 is 7.01. The van der Waals surface area contributed by atoms with Crippen LogP contribution in [-0.2, 0) is 11.3 Å². The molecule has 0 aliphatic rings. The number of aryl methyl sites for hydroxylation is 1. The Balaban J connectivity index is 1.73. The van der Waals surface area contributed by atoms with E-state index in [-0.39, 0.29) is 0 Å². The van der Waals surface area contributed by atoms with Gasteiger partial charge in [0.1, 0.15) is 5.65 Å². The van der Waals surface area contributed by atoms with Crippen LogP contribution in [0.15, 0.2) is 54.9 Å². The molecular weight excluding hydrogens is 428 g/mol. The van der Waals surface area contributed by atoms with Crippen LogP contribution in [-0.4, -0.2) is 33.3 Å². The minimum absolute atomic E-state index is 0.337. The molecule has 0 radical (unpaired) electrons. The third-order valence-corrected chi connectivity index (χ3v) is 5.44. The van der Waals surface area contributed by atoms with Gasteiger partial charge in [-0.05, 0) is 49.2 Å². The van der Waals surface area contributed by atoms with Crippen LogP contribution in [0.5, 0.6) is 5.88 Å². The Bertz CT molecular complexity index is 1330. The normalized spacial score (nSPS) is 10.9. The van der Waals surface area contributed by atoms with Crippen LogP contribution in [0.3, 0.4) is 0 Å². The first kappa shape index (κ1) is 21.5. The average molecular weight is 449 g/mol. The molecule has 0 fully saturated rings. The number of hydrogen-bond acceptors (Lipinski definition) is 5. The molecule has 162 valence electrons. The number of carbonyl (C=O) groups is 2. The first-order valence-electron chi connectivity index (χ1n) is 9.93. The SMILES string of the molecule is COc1cc(NC(=O)C(=O)c2c(C)n(Cc3ccc(Cl)cc3)c3ncc(C)cc23)ccn1. The van der Waals surface area contributed by atoms with Crippen molar-refractivity contribution in [2.24, 2.45) is 0 Å². The van der Waals surface area contributed by atoms with E-state index in [9.17, 15) is 9.59 Å². The van der Waals surface area contributed by atoms with Gasteiger partial charge in [-0.25, -0.2) is 9.97 Å². The molecule has 32 heavy (non-hydrogen) atoms. The second-order valence-electron chi connectivity index (χ2n) is 7.43. The summed E-state index contributed by atoms with van der Waals surface area (Å²) in [6, 6.07) is 12.5. The predicted octanol–water partition coefficient (Wildman–Crippen LogP) is 4.58. The van der Waals surface area contributed by atoms with Crippen LogP contribution >= 0.6 is 11.6 Å². The van der Waals surface area contributed by atoms with Crippen LogP contribution in [0.25, 0.3) is 11.0 Å². The second-order valence-corrected chi connectivity index (χ2v) is 7.86. The zero-order valence-electron chi connectivity index (χ0n) is 17.8. The van der Waals surface area contributed by atoms with Crippen molar-refractivity contribution in [1.29, 1.82) is 0 Å². The van der Waals surface area contributed by atoms with Gasteiger partial charge in [-0.2, -0.15) is 0 Å². The van der Waals surface area contributed by atoms with E-state index < -0.39 is 11.7 Å². The van der Waals surface area contributed by atoms with Gasteiger partial charge in [-0.15, -0.1) is 0 Å². The molecule has 1 N–H and O–H groups in total. The molecule has 3 aromatic heterocycles. The fourth-order valence-electron chi connectivity index (χ4n) is 3.60. The summed E-state index contributed by atoms with van der Waals surface area (Å²) >= 11 is 6.00. The number of ether oxygens (including phenoxy) is 1. The summed E-state index contributed by atoms with van der Waals surface area (Å²) in [6.45, 7) is 4.21. The van der Waals surface area contributed by atoms with Crippen molar-refractivity contribution >= 4 is 40.0 Å². The van der Waals surface area contributed by atoms with Crippen molar-refractivity contribution in [2.45, 2.75) is 20.4 Å². The number of ketones is 1. The maximum absolute atomic E-state index is 13.2. The Morgan fingerprint density at radius 1 is 1.09 bits per heavy atom. The Morgan fingerprint density at radius 3 is 2.56 bits per heavy atom. The fraction of sp³-hybridized carbons (Fsp3) is 0.167. The van der Waals surface area contributed by atoms with Crippen molar-refractivity contribution in [3.05, 3.63) is 82.3 Å². The summed E-state index contributed by atoms with van der Waals surface area (Å²) in [7, 11) is 1.48. The maximum atomic E-state index is 13.2. The van der Waals surface area contributed by atoms with Gasteiger partial charge in [-0.3, -0.25) is 9.59 Å². The molecule has 0 unspecified atom stereocenters. The Labute approximate surface area is 190 Å². The number of Topliss-reactive ketones (excluding diaryl/α,β-unsaturated/α-hetero) is 1. The minimum Gasteiger partial charge on any atom is -0.481 e. The molecule has 0 aliphatic heterocycles. The molecule has 8 heteroatoms. The van der Waals surface area contributed by atoms with Crippen LogP contribution in [0, 0.1) is 13.8 Å².